The number of benzene rings is 12. The molecule has 0 bridgehead atoms. The van der Waals surface area contributed by atoms with Gasteiger partial charge in [0.15, 0.2) is 0 Å². The maximum atomic E-state index is 2.48. The second-order valence-electron chi connectivity index (χ2n) is 18.0. The molecule has 12 aromatic carbocycles. The fourth-order valence-electron chi connectivity index (χ4n) is 11.4. The van der Waals surface area contributed by atoms with Gasteiger partial charge in [0, 0.05) is 32.9 Å². The highest BCUT2D eigenvalue weighted by Gasteiger charge is 2.21. The van der Waals surface area contributed by atoms with Crippen LogP contribution in [0.1, 0.15) is 0 Å². The molecule has 0 aliphatic heterocycles. The first-order valence-corrected chi connectivity index (χ1v) is 23.5. The molecule has 0 unspecified atom stereocenters. The normalized spacial score (nSPS) is 11.8. The van der Waals surface area contributed by atoms with Crippen LogP contribution in [0.2, 0.25) is 0 Å². The van der Waals surface area contributed by atoms with Crippen LogP contribution in [-0.2, 0) is 0 Å². The van der Waals surface area contributed by atoms with Crippen molar-refractivity contribution < 1.29 is 0 Å². The average molecular weight is 863 g/mol. The molecule has 14 rings (SSSR count). The summed E-state index contributed by atoms with van der Waals surface area (Å²) in [7, 11) is 0. The molecular weight excluding hydrogens is 821 g/mol. The molecule has 0 aliphatic carbocycles. The summed E-state index contributed by atoms with van der Waals surface area (Å²) in [6.45, 7) is 0. The third kappa shape index (κ3) is 5.84. The largest absolute Gasteiger partial charge is 0.309 e. The minimum absolute atomic E-state index is 1.15. The van der Waals surface area contributed by atoms with E-state index >= 15 is 0 Å². The summed E-state index contributed by atoms with van der Waals surface area (Å²) in [5, 5.41) is 12.4. The molecule has 0 fully saturated rings. The van der Waals surface area contributed by atoms with E-state index in [4.69, 9.17) is 0 Å². The lowest BCUT2D eigenvalue weighted by atomic mass is 9.83. The van der Waals surface area contributed by atoms with Gasteiger partial charge in [-0.05, 0) is 131 Å². The molecule has 0 saturated heterocycles. The van der Waals surface area contributed by atoms with Crippen LogP contribution in [0.5, 0.6) is 0 Å². The molecule has 0 aliphatic rings. The van der Waals surface area contributed by atoms with Gasteiger partial charge in [0.05, 0.1) is 22.1 Å². The monoisotopic (exact) mass is 862 g/mol. The lowest BCUT2D eigenvalue weighted by Gasteiger charge is -2.20. The van der Waals surface area contributed by atoms with Gasteiger partial charge in [-0.15, -0.1) is 0 Å². The van der Waals surface area contributed by atoms with Crippen molar-refractivity contribution in [2.45, 2.75) is 0 Å². The Morgan fingerprint density at radius 2 is 0.632 bits per heavy atom. The fourth-order valence-corrected chi connectivity index (χ4v) is 11.4. The lowest BCUT2D eigenvalue weighted by Crippen LogP contribution is -1.94. The summed E-state index contributed by atoms with van der Waals surface area (Å²) < 4.78 is 4.84. The molecule has 0 saturated carbocycles. The summed E-state index contributed by atoms with van der Waals surface area (Å²) in [6, 6.07) is 94.0. The highest BCUT2D eigenvalue weighted by atomic mass is 15.0. The predicted octanol–water partition coefficient (Wildman–Crippen LogP) is 18.0. The van der Waals surface area contributed by atoms with E-state index < -0.39 is 0 Å². The zero-order chi connectivity index (χ0) is 44.7. The van der Waals surface area contributed by atoms with Crippen molar-refractivity contribution in [1.82, 2.24) is 9.13 Å². The van der Waals surface area contributed by atoms with Crippen molar-refractivity contribution in [2.24, 2.45) is 0 Å². The quantitative estimate of drug-likeness (QED) is 0.147. The van der Waals surface area contributed by atoms with Crippen molar-refractivity contribution in [3.05, 3.63) is 255 Å². The van der Waals surface area contributed by atoms with Crippen LogP contribution in [0, 0.1) is 0 Å². The second kappa shape index (κ2) is 15.3. The molecule has 0 spiro atoms. The highest BCUT2D eigenvalue weighted by Crippen LogP contribution is 2.48. The summed E-state index contributed by atoms with van der Waals surface area (Å²) in [5.41, 5.74) is 16.8. The molecule has 2 heterocycles. The number of nitrogens with zero attached hydrogens (tertiary/aromatic N) is 2. The molecular formula is C66H42N2. The van der Waals surface area contributed by atoms with Crippen molar-refractivity contribution in [3.8, 4) is 55.9 Å². The van der Waals surface area contributed by atoms with E-state index in [1.165, 1.54) is 120 Å². The fraction of sp³-hybridized carbons (Fsp3) is 0. The van der Waals surface area contributed by atoms with Gasteiger partial charge in [-0.3, -0.25) is 0 Å². The Kier molecular flexibility index (Phi) is 8.62. The van der Waals surface area contributed by atoms with E-state index in [1.54, 1.807) is 0 Å². The van der Waals surface area contributed by atoms with Crippen LogP contribution >= 0.6 is 0 Å². The van der Waals surface area contributed by atoms with E-state index in [0.717, 1.165) is 11.4 Å². The number of fused-ring (bicyclic) bond motifs is 9. The Morgan fingerprint density at radius 3 is 1.16 bits per heavy atom. The second-order valence-corrected chi connectivity index (χ2v) is 18.0. The third-order valence-electron chi connectivity index (χ3n) is 14.3. The number of rotatable bonds is 6. The highest BCUT2D eigenvalue weighted by molar-refractivity contribution is 6.23. The van der Waals surface area contributed by atoms with Crippen molar-refractivity contribution >= 4 is 75.9 Å². The lowest BCUT2D eigenvalue weighted by molar-refractivity contribution is 1.18. The number of aromatic nitrogens is 2. The van der Waals surface area contributed by atoms with Gasteiger partial charge in [0.1, 0.15) is 0 Å². The first-order valence-electron chi connectivity index (χ1n) is 23.5. The van der Waals surface area contributed by atoms with Crippen LogP contribution in [0.25, 0.3) is 132 Å². The Labute approximate surface area is 393 Å². The third-order valence-corrected chi connectivity index (χ3v) is 14.3. The maximum Gasteiger partial charge on any atom is 0.0547 e. The Morgan fingerprint density at radius 1 is 0.221 bits per heavy atom. The van der Waals surface area contributed by atoms with E-state index in [-0.39, 0.29) is 0 Å². The van der Waals surface area contributed by atoms with Crippen LogP contribution in [0.15, 0.2) is 255 Å². The molecule has 14 aromatic rings. The molecule has 2 nitrogen and oxygen atoms in total. The molecule has 0 radical (unpaired) electrons. The van der Waals surface area contributed by atoms with E-state index in [1.807, 2.05) is 0 Å². The first-order chi connectivity index (χ1) is 33.8. The zero-order valence-corrected chi connectivity index (χ0v) is 37.1. The molecule has 0 atom stereocenters. The van der Waals surface area contributed by atoms with Gasteiger partial charge in [-0.25, -0.2) is 0 Å². The summed E-state index contributed by atoms with van der Waals surface area (Å²) >= 11 is 0. The molecule has 0 amide bonds. The topological polar surface area (TPSA) is 9.86 Å². The Hall–Kier alpha value is -8.98. The van der Waals surface area contributed by atoms with Gasteiger partial charge in [0.25, 0.3) is 0 Å². The Balaban J connectivity index is 1.09. The maximum absolute atomic E-state index is 2.48. The minimum Gasteiger partial charge on any atom is -0.309 e. The summed E-state index contributed by atoms with van der Waals surface area (Å²) in [5.74, 6) is 0. The van der Waals surface area contributed by atoms with Gasteiger partial charge < -0.3 is 9.13 Å². The number of hydrogen-bond donors (Lipinski definition) is 0. The van der Waals surface area contributed by atoms with Gasteiger partial charge in [-0.1, -0.05) is 200 Å². The van der Waals surface area contributed by atoms with E-state index in [0.29, 0.717) is 0 Å². The van der Waals surface area contributed by atoms with Crippen LogP contribution in [0.4, 0.5) is 0 Å². The van der Waals surface area contributed by atoms with E-state index in [2.05, 4.69) is 264 Å². The average Bonchev–Trinajstić information content (AvgIpc) is 3.92. The van der Waals surface area contributed by atoms with E-state index in [9.17, 15) is 0 Å². The van der Waals surface area contributed by atoms with Gasteiger partial charge in [-0.2, -0.15) is 0 Å². The van der Waals surface area contributed by atoms with Crippen LogP contribution in [-0.4, -0.2) is 9.13 Å². The van der Waals surface area contributed by atoms with Crippen molar-refractivity contribution in [1.29, 1.82) is 0 Å². The molecule has 316 valence electrons. The zero-order valence-electron chi connectivity index (χ0n) is 37.1. The molecule has 2 aromatic heterocycles. The van der Waals surface area contributed by atoms with Gasteiger partial charge >= 0.3 is 0 Å². The standard InChI is InChI=1S/C66H42N2/c1-4-18-43(19-5-1)51-30-14-20-44-21-15-33-58(65(44)51)66-56-31-16-28-49(45-36-38-54-52-26-10-12-34-61(52)67(63(54)40-45)47-22-6-2-7-23-47)59(56)42-60-50(29-17-32-57(60)66)46-37-39-55-53-27-11-13-35-62(53)68(64(55)41-46)48-24-8-3-9-25-48/h1-42H. The van der Waals surface area contributed by atoms with Gasteiger partial charge in [0.2, 0.25) is 0 Å². The van der Waals surface area contributed by atoms with Crippen molar-refractivity contribution in [2.75, 3.05) is 0 Å². The summed E-state index contributed by atoms with van der Waals surface area (Å²) in [6.07, 6.45) is 0. The summed E-state index contributed by atoms with van der Waals surface area (Å²) in [4.78, 5) is 0. The number of para-hydroxylation sites is 4. The predicted molar refractivity (Wildman–Crippen MR) is 289 cm³/mol. The van der Waals surface area contributed by atoms with Crippen LogP contribution in [0.3, 0.4) is 0 Å². The Bertz CT molecular complexity index is 4070. The number of hydrogen-bond acceptors (Lipinski definition) is 0. The minimum atomic E-state index is 1.15. The molecule has 0 N–H and O–H groups in total. The molecule has 2 heteroatoms. The van der Waals surface area contributed by atoms with Crippen LogP contribution < -0.4 is 0 Å². The SMILES string of the molecule is c1ccc(-c2cccc3cccc(-c4c5cccc(-c6ccc7c8ccccc8n(-c8ccccc8)c7c6)c5cc5c(-c6ccc7c8ccccc8n(-c8ccccc8)c7c6)cccc45)c23)cc1. The van der Waals surface area contributed by atoms with Crippen molar-refractivity contribution in [3.63, 3.8) is 0 Å². The smallest absolute Gasteiger partial charge is 0.0547 e. The first kappa shape index (κ1) is 38.3. The molecule has 68 heavy (non-hydrogen) atoms.